The van der Waals surface area contributed by atoms with Crippen molar-refractivity contribution < 1.29 is 18.8 Å². The fraction of sp³-hybridized carbons (Fsp3) is 0.318. The molecule has 1 heterocycles. The van der Waals surface area contributed by atoms with Crippen LogP contribution < -0.4 is 5.32 Å². The molecule has 6 nitrogen and oxygen atoms in total. The van der Waals surface area contributed by atoms with Gasteiger partial charge in [0.1, 0.15) is 17.9 Å². The Kier molecular flexibility index (Phi) is 5.96. The summed E-state index contributed by atoms with van der Waals surface area (Å²) in [6.45, 7) is 4.13. The number of likely N-dealkylation sites (N-methyl/N-ethyl adjacent to an activating group) is 1. The normalized spacial score (nSPS) is 18.7. The molecule has 0 unspecified atom stereocenters. The highest BCUT2D eigenvalue weighted by Crippen LogP contribution is 2.32. The van der Waals surface area contributed by atoms with Gasteiger partial charge in [-0.15, -0.1) is 0 Å². The molecule has 0 saturated carbocycles. The highest BCUT2D eigenvalue weighted by atomic mass is 19.1. The molecular weight excluding hydrogens is 373 g/mol. The lowest BCUT2D eigenvalue weighted by Crippen LogP contribution is -2.45. The molecular formula is C22H24FN3O3. The maximum Gasteiger partial charge on any atom is 0.325 e. The first-order chi connectivity index (χ1) is 13.9. The van der Waals surface area contributed by atoms with Crippen LogP contribution in [0.1, 0.15) is 31.4 Å². The zero-order valence-corrected chi connectivity index (χ0v) is 16.5. The summed E-state index contributed by atoms with van der Waals surface area (Å²) in [7, 11) is 0. The zero-order chi connectivity index (χ0) is 21.0. The highest BCUT2D eigenvalue weighted by molar-refractivity contribution is 6.09. The summed E-state index contributed by atoms with van der Waals surface area (Å²) in [6.07, 6.45) is 0.287. The SMILES string of the molecule is CCN(Cc1ccccc1)C(=O)CN1C(=O)N[C@@](CC)(c2ccc(F)cc2)C1=O. The monoisotopic (exact) mass is 397 g/mol. The maximum absolute atomic E-state index is 13.3. The van der Waals surface area contributed by atoms with E-state index < -0.39 is 23.3 Å². The molecule has 1 fully saturated rings. The lowest BCUT2D eigenvalue weighted by Gasteiger charge is -2.26. The van der Waals surface area contributed by atoms with Crippen molar-refractivity contribution in [1.82, 2.24) is 15.1 Å². The van der Waals surface area contributed by atoms with Crippen molar-refractivity contribution in [3.63, 3.8) is 0 Å². The molecule has 1 aliphatic heterocycles. The Hall–Kier alpha value is -3.22. The summed E-state index contributed by atoms with van der Waals surface area (Å²) in [6, 6.07) is 14.4. The van der Waals surface area contributed by atoms with Gasteiger partial charge in [0.05, 0.1) is 0 Å². The first-order valence-electron chi connectivity index (χ1n) is 9.63. The number of urea groups is 1. The van der Waals surface area contributed by atoms with Crippen LogP contribution in [0, 0.1) is 5.82 Å². The first-order valence-corrected chi connectivity index (χ1v) is 9.63. The van der Waals surface area contributed by atoms with Crippen molar-refractivity contribution in [2.75, 3.05) is 13.1 Å². The van der Waals surface area contributed by atoms with Crippen LogP contribution in [-0.4, -0.2) is 40.7 Å². The van der Waals surface area contributed by atoms with E-state index in [0.717, 1.165) is 10.5 Å². The van der Waals surface area contributed by atoms with E-state index in [2.05, 4.69) is 5.32 Å². The Labute approximate surface area is 169 Å². The number of benzene rings is 2. The van der Waals surface area contributed by atoms with E-state index in [-0.39, 0.29) is 18.9 Å². The van der Waals surface area contributed by atoms with E-state index in [4.69, 9.17) is 0 Å². The minimum absolute atomic E-state index is 0.287. The van der Waals surface area contributed by atoms with Crippen molar-refractivity contribution in [2.24, 2.45) is 0 Å². The molecule has 0 aliphatic carbocycles. The molecule has 2 aromatic carbocycles. The molecule has 7 heteroatoms. The predicted octanol–water partition coefficient (Wildman–Crippen LogP) is 3.03. The number of amides is 4. The third kappa shape index (κ3) is 3.99. The fourth-order valence-electron chi connectivity index (χ4n) is 3.56. The van der Waals surface area contributed by atoms with Gasteiger partial charge in [-0.25, -0.2) is 9.18 Å². The van der Waals surface area contributed by atoms with E-state index in [0.29, 0.717) is 18.7 Å². The van der Waals surface area contributed by atoms with Gasteiger partial charge in [-0.2, -0.15) is 0 Å². The standard InChI is InChI=1S/C22H24FN3O3/c1-3-22(17-10-12-18(23)13-11-17)20(28)26(21(29)24-22)15-19(27)25(4-2)14-16-8-6-5-7-9-16/h5-13H,3-4,14-15H2,1-2H3,(H,24,29)/t22-/m0/s1. The number of carbonyl (C=O) groups excluding carboxylic acids is 3. The number of hydrogen-bond acceptors (Lipinski definition) is 3. The van der Waals surface area contributed by atoms with Crippen molar-refractivity contribution in [2.45, 2.75) is 32.4 Å². The Morgan fingerprint density at radius 2 is 1.72 bits per heavy atom. The number of imide groups is 1. The second kappa shape index (κ2) is 8.43. The second-order valence-electron chi connectivity index (χ2n) is 6.98. The number of nitrogens with one attached hydrogen (secondary N) is 1. The second-order valence-corrected chi connectivity index (χ2v) is 6.98. The smallest absolute Gasteiger partial charge is 0.325 e. The molecule has 0 spiro atoms. The molecule has 1 saturated heterocycles. The van der Waals surface area contributed by atoms with Crippen molar-refractivity contribution in [3.05, 3.63) is 71.5 Å². The topological polar surface area (TPSA) is 69.7 Å². The van der Waals surface area contributed by atoms with Crippen LogP contribution in [0.2, 0.25) is 0 Å². The molecule has 4 amide bonds. The first kappa shape index (κ1) is 20.5. The summed E-state index contributed by atoms with van der Waals surface area (Å²) < 4.78 is 13.3. The Bertz CT molecular complexity index is 901. The van der Waals surface area contributed by atoms with Gasteiger partial charge in [0.15, 0.2) is 0 Å². The van der Waals surface area contributed by atoms with Crippen LogP contribution >= 0.6 is 0 Å². The summed E-state index contributed by atoms with van der Waals surface area (Å²) in [5.41, 5.74) is 0.169. The average molecular weight is 397 g/mol. The number of hydrogen-bond donors (Lipinski definition) is 1. The lowest BCUT2D eigenvalue weighted by molar-refractivity contribution is -0.139. The van der Waals surface area contributed by atoms with E-state index in [9.17, 15) is 18.8 Å². The molecule has 152 valence electrons. The van der Waals surface area contributed by atoms with E-state index in [1.165, 1.54) is 24.3 Å². The zero-order valence-electron chi connectivity index (χ0n) is 16.5. The summed E-state index contributed by atoms with van der Waals surface area (Å²) >= 11 is 0. The summed E-state index contributed by atoms with van der Waals surface area (Å²) in [5, 5.41) is 2.71. The van der Waals surface area contributed by atoms with Crippen LogP contribution in [0.3, 0.4) is 0 Å². The quantitative estimate of drug-likeness (QED) is 0.730. The van der Waals surface area contributed by atoms with Crippen LogP contribution in [0.25, 0.3) is 0 Å². The van der Waals surface area contributed by atoms with Crippen molar-refractivity contribution >= 4 is 17.8 Å². The lowest BCUT2D eigenvalue weighted by atomic mass is 9.87. The van der Waals surface area contributed by atoms with Crippen LogP contribution in [0.4, 0.5) is 9.18 Å². The van der Waals surface area contributed by atoms with E-state index in [1.807, 2.05) is 37.3 Å². The Balaban J connectivity index is 1.78. The molecule has 29 heavy (non-hydrogen) atoms. The van der Waals surface area contributed by atoms with Gasteiger partial charge in [-0.1, -0.05) is 49.4 Å². The van der Waals surface area contributed by atoms with Crippen LogP contribution in [0.15, 0.2) is 54.6 Å². The summed E-state index contributed by atoms with van der Waals surface area (Å²) in [5.74, 6) is -1.24. The number of nitrogens with zero attached hydrogens (tertiary/aromatic N) is 2. The molecule has 0 radical (unpaired) electrons. The average Bonchev–Trinajstić information content (AvgIpc) is 2.98. The third-order valence-electron chi connectivity index (χ3n) is 5.29. The summed E-state index contributed by atoms with van der Waals surface area (Å²) in [4.78, 5) is 41.0. The van der Waals surface area contributed by atoms with Gasteiger partial charge in [0.2, 0.25) is 5.91 Å². The van der Waals surface area contributed by atoms with Gasteiger partial charge < -0.3 is 10.2 Å². The molecule has 0 bridgehead atoms. The minimum atomic E-state index is -1.29. The third-order valence-corrected chi connectivity index (χ3v) is 5.29. The molecule has 0 aromatic heterocycles. The van der Waals surface area contributed by atoms with E-state index >= 15 is 0 Å². The fourth-order valence-corrected chi connectivity index (χ4v) is 3.56. The maximum atomic E-state index is 13.3. The molecule has 1 N–H and O–H groups in total. The molecule has 3 rings (SSSR count). The molecule has 1 atom stereocenters. The predicted molar refractivity (Wildman–Crippen MR) is 106 cm³/mol. The minimum Gasteiger partial charge on any atom is -0.337 e. The molecule has 2 aromatic rings. The van der Waals surface area contributed by atoms with Gasteiger partial charge in [0.25, 0.3) is 5.91 Å². The highest BCUT2D eigenvalue weighted by Gasteiger charge is 2.51. The van der Waals surface area contributed by atoms with Gasteiger partial charge in [0, 0.05) is 13.1 Å². The van der Waals surface area contributed by atoms with Gasteiger partial charge in [-0.3, -0.25) is 14.5 Å². The van der Waals surface area contributed by atoms with Crippen molar-refractivity contribution in [1.29, 1.82) is 0 Å². The number of halogens is 1. The Morgan fingerprint density at radius 1 is 1.07 bits per heavy atom. The van der Waals surface area contributed by atoms with Crippen molar-refractivity contribution in [3.8, 4) is 0 Å². The van der Waals surface area contributed by atoms with Gasteiger partial charge >= 0.3 is 6.03 Å². The largest absolute Gasteiger partial charge is 0.337 e. The van der Waals surface area contributed by atoms with E-state index in [1.54, 1.807) is 11.8 Å². The number of carbonyl (C=O) groups is 3. The number of rotatable bonds is 7. The molecule has 1 aliphatic rings. The van der Waals surface area contributed by atoms with Crippen LogP contribution in [0.5, 0.6) is 0 Å². The Morgan fingerprint density at radius 3 is 2.31 bits per heavy atom. The van der Waals surface area contributed by atoms with Crippen LogP contribution in [-0.2, 0) is 21.7 Å². The van der Waals surface area contributed by atoms with Gasteiger partial charge in [-0.05, 0) is 36.6 Å².